The second kappa shape index (κ2) is 3.40. The number of carbonyl (C=O) groups is 1. The molecule has 0 saturated carbocycles. The van der Waals surface area contributed by atoms with Gasteiger partial charge in [0, 0.05) is 0 Å². The molecule has 2 aromatic rings. The third-order valence-electron chi connectivity index (χ3n) is 1.73. The van der Waals surface area contributed by atoms with Crippen LogP contribution in [0.3, 0.4) is 0 Å². The van der Waals surface area contributed by atoms with E-state index in [4.69, 9.17) is 0 Å². The van der Waals surface area contributed by atoms with E-state index in [1.165, 1.54) is 23.8 Å². The van der Waals surface area contributed by atoms with Crippen LogP contribution in [0.4, 0.5) is 0 Å². The van der Waals surface area contributed by atoms with Gasteiger partial charge in [0.1, 0.15) is 0 Å². The normalized spacial score (nSPS) is 10.4. The molecule has 14 heavy (non-hydrogen) atoms. The molecule has 0 unspecified atom stereocenters. The zero-order valence-corrected chi connectivity index (χ0v) is 8.97. The van der Waals surface area contributed by atoms with Crippen LogP contribution in [0.5, 0.6) is 0 Å². The Hall–Kier alpha value is -1.39. The van der Waals surface area contributed by atoms with Gasteiger partial charge in [0.25, 0.3) is 0 Å². The van der Waals surface area contributed by atoms with Crippen molar-refractivity contribution in [3.05, 3.63) is 33.3 Å². The summed E-state index contributed by atoms with van der Waals surface area (Å²) in [4.78, 5) is 28.4. The first kappa shape index (κ1) is 9.18. The van der Waals surface area contributed by atoms with Crippen LogP contribution in [0.1, 0.15) is 10.5 Å². The minimum absolute atomic E-state index is 0.0655. The average molecular weight is 257 g/mol. The third-order valence-corrected chi connectivity index (χ3v) is 3.49. The molecule has 0 bridgehead atoms. The minimum atomic E-state index is -0.499. The maximum atomic E-state index is 11.4. The summed E-state index contributed by atoms with van der Waals surface area (Å²) in [6.45, 7) is 0. The van der Waals surface area contributed by atoms with Gasteiger partial charge in [-0.3, -0.25) is 0 Å². The van der Waals surface area contributed by atoms with Crippen LogP contribution in [0, 0.1) is 0 Å². The number of fused-ring (bicyclic) bond motifs is 1. The maximum absolute atomic E-state index is 11.4. The van der Waals surface area contributed by atoms with E-state index in [-0.39, 0.29) is 25.8 Å². The third kappa shape index (κ3) is 1.29. The second-order valence-corrected chi connectivity index (χ2v) is 4.27. The molecule has 0 aliphatic carbocycles. The summed E-state index contributed by atoms with van der Waals surface area (Å²) < 4.78 is 6.49. The summed E-state index contributed by atoms with van der Waals surface area (Å²) in [5.41, 5.74) is 0.0339. The number of aromatic nitrogens is 2. The Morgan fingerprint density at radius 1 is 1.64 bits per heavy atom. The van der Waals surface area contributed by atoms with Gasteiger partial charge >= 0.3 is 84.3 Å². The molecule has 0 fully saturated rings. The molecule has 0 amide bonds. The van der Waals surface area contributed by atoms with Gasteiger partial charge in [0.15, 0.2) is 0 Å². The first-order valence-electron chi connectivity index (χ1n) is 3.77. The fourth-order valence-corrected chi connectivity index (χ4v) is 2.85. The van der Waals surface area contributed by atoms with Crippen LogP contribution in [-0.2, 0) is 4.74 Å². The van der Waals surface area contributed by atoms with E-state index in [9.17, 15) is 9.59 Å². The molecule has 2 rings (SSSR count). The molecule has 5 nitrogen and oxygen atoms in total. The number of rotatable bonds is 1. The first-order valence-corrected chi connectivity index (χ1v) is 5.62. The second-order valence-electron chi connectivity index (χ2n) is 2.51. The topological polar surface area (TPSA) is 60.7 Å². The molecule has 72 valence electrons. The van der Waals surface area contributed by atoms with Crippen LogP contribution in [0.25, 0.3) is 4.52 Å². The van der Waals surface area contributed by atoms with Crippen LogP contribution >= 0.6 is 0 Å². The van der Waals surface area contributed by atoms with Gasteiger partial charge in [-0.1, -0.05) is 0 Å². The summed E-state index contributed by atoms with van der Waals surface area (Å²) in [6, 6.07) is 1.32. The molecule has 0 saturated heterocycles. The fourth-order valence-electron chi connectivity index (χ4n) is 1.10. The first-order chi connectivity index (χ1) is 6.74. The number of ether oxygens (including phenoxy) is 1. The Bertz CT molecular complexity index is 543. The Kier molecular flexibility index (Phi) is 2.23. The molecule has 6 heteroatoms. The molecule has 0 spiro atoms. The van der Waals surface area contributed by atoms with Crippen LogP contribution < -0.4 is 5.56 Å². The Morgan fingerprint density at radius 3 is 3.14 bits per heavy atom. The predicted octanol–water partition coefficient (Wildman–Crippen LogP) is -0.462. The molecule has 0 aromatic carbocycles. The van der Waals surface area contributed by atoms with E-state index in [1.807, 2.05) is 0 Å². The number of carbonyl (C=O) groups excluding carboxylic acids is 1. The van der Waals surface area contributed by atoms with Gasteiger partial charge in [-0.15, -0.1) is 0 Å². The molecule has 0 aliphatic rings. The predicted molar refractivity (Wildman–Crippen MR) is 49.7 cm³/mol. The quantitative estimate of drug-likeness (QED) is 0.512. The molecule has 0 N–H and O–H groups in total. The van der Waals surface area contributed by atoms with E-state index in [0.29, 0.717) is 4.52 Å². The van der Waals surface area contributed by atoms with Crippen LogP contribution in [0.2, 0.25) is 0 Å². The molecule has 0 atom stereocenters. The van der Waals surface area contributed by atoms with Crippen molar-refractivity contribution in [1.82, 2.24) is 9.38 Å². The zero-order chi connectivity index (χ0) is 10.1. The summed E-state index contributed by atoms with van der Waals surface area (Å²) in [5.74, 6) is -0.499. The van der Waals surface area contributed by atoms with E-state index in [2.05, 4.69) is 9.72 Å². The Balaban J connectivity index is 2.80. The van der Waals surface area contributed by atoms with Crippen molar-refractivity contribution >= 4 is 25.0 Å². The van der Waals surface area contributed by atoms with Crippen molar-refractivity contribution in [1.29, 1.82) is 0 Å². The van der Waals surface area contributed by atoms with Crippen LogP contribution in [0.15, 0.2) is 22.0 Å². The van der Waals surface area contributed by atoms with Crippen molar-refractivity contribution in [3.8, 4) is 0 Å². The summed E-state index contributed by atoms with van der Waals surface area (Å²) in [5, 5.41) is 0. The van der Waals surface area contributed by atoms with Crippen molar-refractivity contribution in [3.63, 3.8) is 0 Å². The van der Waals surface area contributed by atoms with Gasteiger partial charge in [-0.25, -0.2) is 0 Å². The fraction of sp³-hybridized carbons (Fsp3) is 0.125. The van der Waals surface area contributed by atoms with E-state index >= 15 is 0 Å². The molecular weight excluding hydrogens is 251 g/mol. The zero-order valence-electron chi connectivity index (χ0n) is 7.26. The van der Waals surface area contributed by atoms with Crippen LogP contribution in [-0.4, -0.2) is 37.0 Å². The summed E-state index contributed by atoms with van der Waals surface area (Å²) in [7, 11) is 1.29. The number of hydrogen-bond acceptors (Lipinski definition) is 4. The number of esters is 1. The summed E-state index contributed by atoms with van der Waals surface area (Å²) >= 11 is -0.0655. The molecular formula is C8H6N2O3Se. The Morgan fingerprint density at radius 2 is 2.43 bits per heavy atom. The molecule has 2 heterocycles. The average Bonchev–Trinajstić information content (AvgIpc) is 2.62. The number of methoxy groups -OCH3 is 1. The SMILES string of the molecule is COC(=O)c1c[se]c2nccc(=O)n12. The number of hydrogen-bond donors (Lipinski definition) is 0. The summed E-state index contributed by atoms with van der Waals surface area (Å²) in [6.07, 6.45) is 1.45. The number of nitrogens with zero attached hydrogens (tertiary/aromatic N) is 2. The van der Waals surface area contributed by atoms with Gasteiger partial charge in [-0.05, 0) is 0 Å². The van der Waals surface area contributed by atoms with Gasteiger partial charge in [0.2, 0.25) is 0 Å². The monoisotopic (exact) mass is 258 g/mol. The van der Waals surface area contributed by atoms with Gasteiger partial charge < -0.3 is 0 Å². The van der Waals surface area contributed by atoms with Gasteiger partial charge in [0.05, 0.1) is 0 Å². The van der Waals surface area contributed by atoms with Crippen molar-refractivity contribution in [2.75, 3.05) is 7.11 Å². The molecule has 0 radical (unpaired) electrons. The van der Waals surface area contributed by atoms with E-state index < -0.39 is 5.97 Å². The van der Waals surface area contributed by atoms with Gasteiger partial charge in [-0.2, -0.15) is 0 Å². The van der Waals surface area contributed by atoms with E-state index in [0.717, 1.165) is 0 Å². The molecule has 0 aliphatic heterocycles. The van der Waals surface area contributed by atoms with E-state index in [1.54, 1.807) is 4.94 Å². The van der Waals surface area contributed by atoms with Crippen molar-refractivity contribution in [2.45, 2.75) is 0 Å². The van der Waals surface area contributed by atoms with Crippen molar-refractivity contribution in [2.24, 2.45) is 0 Å². The van der Waals surface area contributed by atoms with Crippen molar-refractivity contribution < 1.29 is 9.53 Å². The Labute approximate surface area is 84.7 Å². The molecule has 2 aromatic heterocycles. The standard InChI is InChI=1S/C8H6N2O3Se/c1-13-7(12)5-4-14-8-9-3-2-6(11)10(5)8/h2-4H,1H3.